The fraction of sp³-hybridized carbons (Fsp3) is 0.455. The van der Waals surface area contributed by atoms with Gasteiger partial charge in [-0.25, -0.2) is 13.4 Å². The predicted molar refractivity (Wildman–Crippen MR) is 71.1 cm³/mol. The summed E-state index contributed by atoms with van der Waals surface area (Å²) in [7, 11) is -2.89. The minimum Gasteiger partial charge on any atom is -0.349 e. The van der Waals surface area contributed by atoms with Crippen LogP contribution in [0.5, 0.6) is 0 Å². The monoisotopic (exact) mass is 332 g/mol. The molecule has 0 aromatic carbocycles. The Kier molecular flexibility index (Phi) is 4.01. The number of carbonyl (C=O) groups excluding carboxylic acids is 1. The van der Waals surface area contributed by atoms with Crippen LogP contribution in [0.2, 0.25) is 0 Å². The van der Waals surface area contributed by atoms with Crippen molar-refractivity contribution in [1.82, 2.24) is 10.3 Å². The van der Waals surface area contributed by atoms with E-state index in [0.29, 0.717) is 23.0 Å². The van der Waals surface area contributed by atoms with Crippen molar-refractivity contribution in [2.45, 2.75) is 18.9 Å². The lowest BCUT2D eigenvalue weighted by Crippen LogP contribution is -2.40. The number of pyridine rings is 1. The molecule has 0 atom stereocenters. The first kappa shape index (κ1) is 13.5. The summed E-state index contributed by atoms with van der Waals surface area (Å²) in [4.78, 5) is 15.8. The Balaban J connectivity index is 1.94. The van der Waals surface area contributed by atoms with E-state index in [1.54, 1.807) is 12.1 Å². The number of hydrogen-bond donors (Lipinski definition) is 1. The Bertz CT molecular complexity index is 528. The predicted octanol–water partition coefficient (Wildman–Crippen LogP) is 1.15. The van der Waals surface area contributed by atoms with Gasteiger partial charge in [-0.05, 0) is 40.9 Å². The van der Waals surface area contributed by atoms with Crippen molar-refractivity contribution in [3.63, 3.8) is 0 Å². The second-order valence-electron chi connectivity index (χ2n) is 4.27. The molecule has 1 aliphatic rings. The molecule has 18 heavy (non-hydrogen) atoms. The number of hydrogen-bond acceptors (Lipinski definition) is 4. The quantitative estimate of drug-likeness (QED) is 0.824. The van der Waals surface area contributed by atoms with Gasteiger partial charge in [-0.15, -0.1) is 0 Å². The fourth-order valence-electron chi connectivity index (χ4n) is 1.81. The highest BCUT2D eigenvalue weighted by molar-refractivity contribution is 9.10. The van der Waals surface area contributed by atoms with Gasteiger partial charge >= 0.3 is 0 Å². The summed E-state index contributed by atoms with van der Waals surface area (Å²) in [5, 5.41) is 2.83. The molecule has 1 aliphatic heterocycles. The minimum atomic E-state index is -2.89. The third-order valence-corrected chi connectivity index (χ3v) is 5.06. The van der Waals surface area contributed by atoms with Crippen LogP contribution in [0, 0.1) is 0 Å². The van der Waals surface area contributed by atoms with Crippen molar-refractivity contribution < 1.29 is 13.2 Å². The smallest absolute Gasteiger partial charge is 0.253 e. The summed E-state index contributed by atoms with van der Waals surface area (Å²) in [5.41, 5.74) is 0.478. The Labute approximate surface area is 114 Å². The number of rotatable bonds is 2. The number of halogens is 1. The maximum Gasteiger partial charge on any atom is 0.253 e. The van der Waals surface area contributed by atoms with Gasteiger partial charge in [-0.1, -0.05) is 0 Å². The zero-order valence-corrected chi connectivity index (χ0v) is 12.0. The normalized spacial score (nSPS) is 19.4. The first-order chi connectivity index (χ1) is 8.46. The van der Waals surface area contributed by atoms with Crippen molar-refractivity contribution in [3.8, 4) is 0 Å². The Morgan fingerprint density at radius 1 is 1.33 bits per heavy atom. The molecule has 1 saturated heterocycles. The fourth-order valence-corrected chi connectivity index (χ4v) is 3.54. The van der Waals surface area contributed by atoms with E-state index in [9.17, 15) is 13.2 Å². The lowest BCUT2D eigenvalue weighted by Gasteiger charge is -2.22. The zero-order valence-electron chi connectivity index (χ0n) is 9.60. The van der Waals surface area contributed by atoms with Gasteiger partial charge in [-0.2, -0.15) is 0 Å². The SMILES string of the molecule is O=C(NC1CCS(=O)(=O)CC1)c1ccc(Br)nc1. The Morgan fingerprint density at radius 3 is 2.56 bits per heavy atom. The summed E-state index contributed by atoms with van der Waals surface area (Å²) in [5.74, 6) is 0.0897. The average Bonchev–Trinajstić information content (AvgIpc) is 2.33. The number of amides is 1. The second kappa shape index (κ2) is 5.36. The molecule has 1 N–H and O–H groups in total. The van der Waals surface area contributed by atoms with Crippen LogP contribution in [0.3, 0.4) is 0 Å². The number of sulfone groups is 1. The molecule has 0 aliphatic carbocycles. The van der Waals surface area contributed by atoms with Gasteiger partial charge in [0.25, 0.3) is 5.91 Å². The van der Waals surface area contributed by atoms with Crippen LogP contribution in [-0.2, 0) is 9.84 Å². The number of nitrogens with one attached hydrogen (secondary N) is 1. The molecule has 98 valence electrons. The molecule has 1 aromatic heterocycles. The summed E-state index contributed by atoms with van der Waals surface area (Å²) in [6, 6.07) is 3.30. The van der Waals surface area contributed by atoms with Crippen LogP contribution in [0.1, 0.15) is 23.2 Å². The largest absolute Gasteiger partial charge is 0.349 e. The van der Waals surface area contributed by atoms with Crippen LogP contribution in [0.15, 0.2) is 22.9 Å². The molecule has 0 saturated carbocycles. The number of nitrogens with zero attached hydrogens (tertiary/aromatic N) is 1. The van der Waals surface area contributed by atoms with Gasteiger partial charge in [0.05, 0.1) is 17.1 Å². The summed E-state index contributed by atoms with van der Waals surface area (Å²) < 4.78 is 23.2. The lowest BCUT2D eigenvalue weighted by atomic mass is 10.1. The molecule has 2 heterocycles. The molecule has 1 aromatic rings. The van der Waals surface area contributed by atoms with Crippen LogP contribution in [0.4, 0.5) is 0 Å². The molecule has 1 fully saturated rings. The zero-order chi connectivity index (χ0) is 13.2. The molecule has 0 radical (unpaired) electrons. The van der Waals surface area contributed by atoms with Gasteiger partial charge in [0, 0.05) is 12.2 Å². The van der Waals surface area contributed by atoms with E-state index in [0.717, 1.165) is 0 Å². The Hall–Kier alpha value is -0.950. The van der Waals surface area contributed by atoms with Crippen molar-refractivity contribution in [2.24, 2.45) is 0 Å². The highest BCUT2D eigenvalue weighted by Gasteiger charge is 2.24. The van der Waals surface area contributed by atoms with Gasteiger partial charge < -0.3 is 5.32 Å². The maximum atomic E-state index is 11.9. The highest BCUT2D eigenvalue weighted by Crippen LogP contribution is 2.13. The standard InChI is InChI=1S/C11H13BrN2O3S/c12-10-2-1-8(7-13-10)11(15)14-9-3-5-18(16,17)6-4-9/h1-2,7,9H,3-6H2,(H,14,15). The van der Waals surface area contributed by atoms with Gasteiger partial charge in [0.1, 0.15) is 14.4 Å². The molecular weight excluding hydrogens is 320 g/mol. The topological polar surface area (TPSA) is 76.1 Å². The van der Waals surface area contributed by atoms with E-state index in [4.69, 9.17) is 0 Å². The highest BCUT2D eigenvalue weighted by atomic mass is 79.9. The average molecular weight is 333 g/mol. The third-order valence-electron chi connectivity index (χ3n) is 2.88. The molecule has 0 spiro atoms. The van der Waals surface area contributed by atoms with Crippen molar-refractivity contribution in [1.29, 1.82) is 0 Å². The molecule has 2 rings (SSSR count). The van der Waals surface area contributed by atoms with E-state index < -0.39 is 9.84 Å². The molecular formula is C11H13BrN2O3S. The minimum absolute atomic E-state index is 0.0651. The van der Waals surface area contributed by atoms with Crippen molar-refractivity contribution >= 4 is 31.7 Å². The van der Waals surface area contributed by atoms with Crippen molar-refractivity contribution in [3.05, 3.63) is 28.5 Å². The first-order valence-electron chi connectivity index (χ1n) is 5.59. The third kappa shape index (κ3) is 3.52. The summed E-state index contributed by atoms with van der Waals surface area (Å²) >= 11 is 3.20. The maximum absolute atomic E-state index is 11.9. The van der Waals surface area contributed by atoms with E-state index in [1.807, 2.05) is 0 Å². The van der Waals surface area contributed by atoms with Crippen molar-refractivity contribution in [2.75, 3.05) is 11.5 Å². The summed E-state index contributed by atoms with van der Waals surface area (Å²) in [6.45, 7) is 0. The molecule has 0 bridgehead atoms. The Morgan fingerprint density at radius 2 is 2.00 bits per heavy atom. The van der Waals surface area contributed by atoms with E-state index in [-0.39, 0.29) is 23.5 Å². The first-order valence-corrected chi connectivity index (χ1v) is 8.20. The van der Waals surface area contributed by atoms with Gasteiger partial charge in [-0.3, -0.25) is 4.79 Å². The van der Waals surface area contributed by atoms with Gasteiger partial charge in [0.15, 0.2) is 0 Å². The number of carbonyl (C=O) groups is 1. The van der Waals surface area contributed by atoms with Crippen LogP contribution >= 0.6 is 15.9 Å². The number of aromatic nitrogens is 1. The van der Waals surface area contributed by atoms with E-state index in [1.165, 1.54) is 6.20 Å². The van der Waals surface area contributed by atoms with Crippen LogP contribution < -0.4 is 5.32 Å². The molecule has 7 heteroatoms. The summed E-state index contributed by atoms with van der Waals surface area (Å²) in [6.07, 6.45) is 2.45. The van der Waals surface area contributed by atoms with Gasteiger partial charge in [0.2, 0.25) is 0 Å². The van der Waals surface area contributed by atoms with Crippen LogP contribution in [-0.4, -0.2) is 36.9 Å². The second-order valence-corrected chi connectivity index (χ2v) is 7.39. The lowest BCUT2D eigenvalue weighted by molar-refractivity contribution is 0.0934. The van der Waals surface area contributed by atoms with E-state index in [2.05, 4.69) is 26.2 Å². The molecule has 1 amide bonds. The molecule has 0 unspecified atom stereocenters. The van der Waals surface area contributed by atoms with Crippen LogP contribution in [0.25, 0.3) is 0 Å². The molecule has 5 nitrogen and oxygen atoms in total. The van der Waals surface area contributed by atoms with E-state index >= 15 is 0 Å².